The smallest absolute Gasteiger partial charge is 0.306 e. The fourth-order valence-corrected chi connectivity index (χ4v) is 2.32. The molecule has 98 valence electrons. The Hall–Kier alpha value is -1.71. The Balaban J connectivity index is 1.93. The van der Waals surface area contributed by atoms with E-state index in [9.17, 15) is 4.79 Å². The molecule has 0 heterocycles. The lowest BCUT2D eigenvalue weighted by atomic mass is 9.87. The largest absolute Gasteiger partial charge is 0.493 e. The van der Waals surface area contributed by atoms with Crippen LogP contribution in [0.4, 0.5) is 0 Å². The highest BCUT2D eigenvalue weighted by molar-refractivity contribution is 5.70. The van der Waals surface area contributed by atoms with Gasteiger partial charge in [-0.1, -0.05) is 12.1 Å². The van der Waals surface area contributed by atoms with E-state index in [1.165, 1.54) is 0 Å². The summed E-state index contributed by atoms with van der Waals surface area (Å²) in [7, 11) is 1.61. The van der Waals surface area contributed by atoms with Gasteiger partial charge in [0.15, 0.2) is 11.5 Å². The normalized spacial score (nSPS) is 23.4. The van der Waals surface area contributed by atoms with Crippen LogP contribution in [-0.2, 0) is 4.79 Å². The van der Waals surface area contributed by atoms with Crippen LogP contribution < -0.4 is 9.47 Å². The first-order chi connectivity index (χ1) is 8.70. The van der Waals surface area contributed by atoms with E-state index < -0.39 is 5.97 Å². The minimum Gasteiger partial charge on any atom is -0.493 e. The number of para-hydroxylation sites is 2. The molecule has 0 saturated heterocycles. The van der Waals surface area contributed by atoms with Gasteiger partial charge in [0.05, 0.1) is 19.1 Å². The highest BCUT2D eigenvalue weighted by atomic mass is 16.5. The first kappa shape index (κ1) is 12.7. The molecule has 0 spiro atoms. The zero-order chi connectivity index (χ0) is 13.0. The van der Waals surface area contributed by atoms with Crippen LogP contribution in [0.1, 0.15) is 25.7 Å². The van der Waals surface area contributed by atoms with Crippen molar-refractivity contribution >= 4 is 5.97 Å². The number of carboxylic acid groups (broad SMARTS) is 1. The van der Waals surface area contributed by atoms with E-state index in [2.05, 4.69) is 0 Å². The molecule has 2 rings (SSSR count). The number of hydrogen-bond donors (Lipinski definition) is 1. The molecule has 18 heavy (non-hydrogen) atoms. The second-order valence-electron chi connectivity index (χ2n) is 4.58. The maximum Gasteiger partial charge on any atom is 0.306 e. The van der Waals surface area contributed by atoms with Crippen LogP contribution in [0.5, 0.6) is 11.5 Å². The average molecular weight is 250 g/mol. The van der Waals surface area contributed by atoms with Crippen molar-refractivity contribution in [3.8, 4) is 11.5 Å². The third-order valence-electron chi connectivity index (χ3n) is 3.39. The zero-order valence-corrected chi connectivity index (χ0v) is 10.5. The molecule has 4 nitrogen and oxygen atoms in total. The number of carbonyl (C=O) groups is 1. The monoisotopic (exact) mass is 250 g/mol. The summed E-state index contributed by atoms with van der Waals surface area (Å²) >= 11 is 0. The van der Waals surface area contributed by atoms with E-state index in [1.54, 1.807) is 7.11 Å². The molecule has 0 amide bonds. The second-order valence-corrected chi connectivity index (χ2v) is 4.58. The van der Waals surface area contributed by atoms with Gasteiger partial charge in [-0.25, -0.2) is 0 Å². The lowest BCUT2D eigenvalue weighted by Crippen LogP contribution is -2.27. The number of hydrogen-bond acceptors (Lipinski definition) is 3. The number of benzene rings is 1. The molecule has 1 N–H and O–H groups in total. The van der Waals surface area contributed by atoms with Crippen LogP contribution in [-0.4, -0.2) is 24.3 Å². The van der Waals surface area contributed by atoms with Crippen LogP contribution in [0.2, 0.25) is 0 Å². The molecular weight excluding hydrogens is 232 g/mol. The zero-order valence-electron chi connectivity index (χ0n) is 10.5. The van der Waals surface area contributed by atoms with Crippen LogP contribution in [0, 0.1) is 5.92 Å². The summed E-state index contributed by atoms with van der Waals surface area (Å²) < 4.78 is 11.1. The molecule has 0 radical (unpaired) electrons. The highest BCUT2D eigenvalue weighted by Crippen LogP contribution is 2.32. The summed E-state index contributed by atoms with van der Waals surface area (Å²) in [5.41, 5.74) is 0. The summed E-state index contributed by atoms with van der Waals surface area (Å²) in [5.74, 6) is 0.560. The fourth-order valence-electron chi connectivity index (χ4n) is 2.32. The lowest BCUT2D eigenvalue weighted by molar-refractivity contribution is -0.143. The summed E-state index contributed by atoms with van der Waals surface area (Å²) in [5, 5.41) is 8.94. The van der Waals surface area contributed by atoms with Crippen molar-refractivity contribution in [3.05, 3.63) is 24.3 Å². The van der Waals surface area contributed by atoms with Gasteiger partial charge in [0.25, 0.3) is 0 Å². The molecular formula is C14H18O4. The molecule has 1 aliphatic carbocycles. The van der Waals surface area contributed by atoms with E-state index >= 15 is 0 Å². The number of aliphatic carboxylic acids is 1. The summed E-state index contributed by atoms with van der Waals surface area (Å²) in [6, 6.07) is 7.54. The number of methoxy groups -OCH3 is 1. The van der Waals surface area contributed by atoms with E-state index in [0.717, 1.165) is 24.3 Å². The van der Waals surface area contributed by atoms with Gasteiger partial charge in [-0.05, 0) is 37.8 Å². The van der Waals surface area contributed by atoms with E-state index in [-0.39, 0.29) is 12.0 Å². The summed E-state index contributed by atoms with van der Waals surface area (Å²) in [6.45, 7) is 0. The topological polar surface area (TPSA) is 55.8 Å². The van der Waals surface area contributed by atoms with Gasteiger partial charge in [-0.2, -0.15) is 0 Å². The molecule has 1 aromatic carbocycles. The van der Waals surface area contributed by atoms with Gasteiger partial charge in [0.1, 0.15) is 0 Å². The van der Waals surface area contributed by atoms with Gasteiger partial charge in [0.2, 0.25) is 0 Å². The molecule has 0 aromatic heterocycles. The predicted octanol–water partition coefficient (Wildman–Crippen LogP) is 2.72. The molecule has 0 unspecified atom stereocenters. The Morgan fingerprint density at radius 3 is 2.33 bits per heavy atom. The van der Waals surface area contributed by atoms with Crippen molar-refractivity contribution in [2.24, 2.45) is 5.92 Å². The predicted molar refractivity (Wildman–Crippen MR) is 67.0 cm³/mol. The first-order valence-electron chi connectivity index (χ1n) is 6.23. The Kier molecular flexibility index (Phi) is 4.07. The molecule has 4 heteroatoms. The van der Waals surface area contributed by atoms with Gasteiger partial charge < -0.3 is 14.6 Å². The minimum atomic E-state index is -0.689. The van der Waals surface area contributed by atoms with Gasteiger partial charge in [-0.15, -0.1) is 0 Å². The standard InChI is InChI=1S/C14H18O4/c1-17-12-4-2-3-5-13(12)18-11-8-6-10(7-9-11)14(15)16/h2-5,10-11H,6-9H2,1H3,(H,15,16). The Bertz CT molecular complexity index is 408. The maximum absolute atomic E-state index is 10.9. The number of ether oxygens (including phenoxy) is 2. The van der Waals surface area contributed by atoms with Crippen LogP contribution in [0.25, 0.3) is 0 Å². The maximum atomic E-state index is 10.9. The quantitative estimate of drug-likeness (QED) is 0.892. The van der Waals surface area contributed by atoms with Crippen molar-refractivity contribution in [1.82, 2.24) is 0 Å². The third kappa shape index (κ3) is 2.94. The summed E-state index contributed by atoms with van der Waals surface area (Å²) in [6.07, 6.45) is 3.05. The van der Waals surface area contributed by atoms with Gasteiger partial charge >= 0.3 is 5.97 Å². The summed E-state index contributed by atoms with van der Waals surface area (Å²) in [4.78, 5) is 10.9. The molecule has 1 aromatic rings. The first-order valence-corrected chi connectivity index (χ1v) is 6.23. The Morgan fingerprint density at radius 2 is 1.78 bits per heavy atom. The lowest BCUT2D eigenvalue weighted by Gasteiger charge is -2.27. The number of rotatable bonds is 4. The van der Waals surface area contributed by atoms with Crippen LogP contribution in [0.15, 0.2) is 24.3 Å². The fraction of sp³-hybridized carbons (Fsp3) is 0.500. The Labute approximate surface area is 107 Å². The third-order valence-corrected chi connectivity index (χ3v) is 3.39. The van der Waals surface area contributed by atoms with Crippen molar-refractivity contribution < 1.29 is 19.4 Å². The molecule has 0 atom stereocenters. The van der Waals surface area contributed by atoms with Gasteiger partial charge in [-0.3, -0.25) is 4.79 Å². The Morgan fingerprint density at radius 1 is 1.17 bits per heavy atom. The van der Waals surface area contributed by atoms with E-state index in [4.69, 9.17) is 14.6 Å². The average Bonchev–Trinajstić information content (AvgIpc) is 2.40. The number of carboxylic acids is 1. The molecule has 0 bridgehead atoms. The molecule has 1 fully saturated rings. The van der Waals surface area contributed by atoms with Crippen molar-refractivity contribution in [1.29, 1.82) is 0 Å². The molecule has 1 saturated carbocycles. The minimum absolute atomic E-state index is 0.0944. The van der Waals surface area contributed by atoms with E-state index in [1.807, 2.05) is 24.3 Å². The van der Waals surface area contributed by atoms with E-state index in [0.29, 0.717) is 12.8 Å². The van der Waals surface area contributed by atoms with Crippen molar-refractivity contribution in [3.63, 3.8) is 0 Å². The van der Waals surface area contributed by atoms with Crippen molar-refractivity contribution in [2.45, 2.75) is 31.8 Å². The highest BCUT2D eigenvalue weighted by Gasteiger charge is 2.27. The molecule has 0 aliphatic heterocycles. The van der Waals surface area contributed by atoms with Crippen LogP contribution in [0.3, 0.4) is 0 Å². The van der Waals surface area contributed by atoms with Gasteiger partial charge in [0, 0.05) is 0 Å². The second kappa shape index (κ2) is 5.76. The van der Waals surface area contributed by atoms with Crippen molar-refractivity contribution in [2.75, 3.05) is 7.11 Å². The molecule has 1 aliphatic rings. The SMILES string of the molecule is COc1ccccc1OC1CCC(C(=O)O)CC1. The van der Waals surface area contributed by atoms with Crippen LogP contribution >= 0.6 is 0 Å².